The summed E-state index contributed by atoms with van der Waals surface area (Å²) in [6.07, 6.45) is 9.89. The lowest BCUT2D eigenvalue weighted by molar-refractivity contribution is 0.292. The highest BCUT2D eigenvalue weighted by Crippen LogP contribution is 2.51. The Morgan fingerprint density at radius 3 is 2.33 bits per heavy atom. The van der Waals surface area contributed by atoms with Crippen LogP contribution in [0.5, 0.6) is 0 Å². The fraction of sp³-hybridized carbons (Fsp3) is 0.478. The molecule has 0 spiro atoms. The monoisotopic (exact) mass is 334 g/mol. The molecule has 1 heteroatoms. The summed E-state index contributed by atoms with van der Waals surface area (Å²) in [5, 5.41) is 4.57. The van der Waals surface area contributed by atoms with Crippen molar-refractivity contribution >= 4 is 25.8 Å². The molecule has 0 bridgehead atoms. The van der Waals surface area contributed by atoms with E-state index in [-0.39, 0.29) is 5.41 Å². The van der Waals surface area contributed by atoms with E-state index >= 15 is 0 Å². The van der Waals surface area contributed by atoms with Gasteiger partial charge in [0, 0.05) is 0 Å². The fourth-order valence-electron chi connectivity index (χ4n) is 5.33. The highest BCUT2D eigenvalue weighted by atomic mass is 28.3. The minimum absolute atomic E-state index is 0.265. The van der Waals surface area contributed by atoms with E-state index in [0.29, 0.717) is 5.41 Å². The fourth-order valence-corrected chi connectivity index (χ4v) is 6.49. The summed E-state index contributed by atoms with van der Waals surface area (Å²) in [5.74, 6) is 0. The Morgan fingerprint density at radius 1 is 0.958 bits per heavy atom. The molecule has 126 valence electrons. The van der Waals surface area contributed by atoms with Gasteiger partial charge in [-0.2, -0.15) is 0 Å². The van der Waals surface area contributed by atoms with E-state index in [0.717, 1.165) is 6.42 Å². The van der Waals surface area contributed by atoms with Crippen LogP contribution in [-0.4, -0.2) is 8.07 Å². The van der Waals surface area contributed by atoms with Crippen molar-refractivity contribution in [3.63, 3.8) is 0 Å². The Bertz CT molecular complexity index is 927. The molecule has 3 aliphatic rings. The summed E-state index contributed by atoms with van der Waals surface area (Å²) in [6.45, 7) is 17.0. The van der Waals surface area contributed by atoms with Gasteiger partial charge in [-0.3, -0.25) is 0 Å². The lowest BCUT2D eigenvalue weighted by atomic mass is 9.64. The minimum atomic E-state index is -1.26. The van der Waals surface area contributed by atoms with Crippen LogP contribution in [0, 0.1) is 10.8 Å². The molecule has 24 heavy (non-hydrogen) atoms. The standard InChI is InChI=1S/C23H30Si/c1-22(2)13-16-11-20-18(21(16)23(3,4)14-22)9-8-15-10-17(12-19(15)20)24(5,6)7/h8-10,12-13H,11,14H2,1-7H3. The van der Waals surface area contributed by atoms with E-state index in [1.807, 2.05) is 0 Å². The Kier molecular flexibility index (Phi) is 3.12. The van der Waals surface area contributed by atoms with Gasteiger partial charge in [0.15, 0.2) is 0 Å². The molecule has 0 fully saturated rings. The molecule has 1 aromatic carbocycles. The van der Waals surface area contributed by atoms with Gasteiger partial charge in [-0.05, 0) is 56.4 Å². The Labute approximate surface area is 147 Å². The van der Waals surface area contributed by atoms with Gasteiger partial charge in [0.2, 0.25) is 0 Å². The third-order valence-electron chi connectivity index (χ3n) is 5.96. The first-order chi connectivity index (χ1) is 11.0. The molecule has 0 saturated heterocycles. The third-order valence-corrected chi connectivity index (χ3v) is 7.99. The van der Waals surface area contributed by atoms with Crippen molar-refractivity contribution in [2.24, 2.45) is 10.8 Å². The maximum Gasteiger partial charge on any atom is 0.0776 e. The quantitative estimate of drug-likeness (QED) is 0.645. The molecule has 0 nitrogen and oxygen atoms in total. The maximum absolute atomic E-state index is 2.56. The van der Waals surface area contributed by atoms with Gasteiger partial charge in [-0.15, -0.1) is 0 Å². The van der Waals surface area contributed by atoms with E-state index in [2.05, 4.69) is 77.7 Å². The Hall–Kier alpha value is -1.34. The second kappa shape index (κ2) is 4.63. The van der Waals surface area contributed by atoms with Crippen LogP contribution in [0.2, 0.25) is 19.6 Å². The molecule has 0 radical (unpaired) electrons. The van der Waals surface area contributed by atoms with Crippen LogP contribution in [0.4, 0.5) is 0 Å². The molecule has 0 saturated carbocycles. The second-order valence-electron chi connectivity index (χ2n) is 10.4. The van der Waals surface area contributed by atoms with E-state index < -0.39 is 8.07 Å². The summed E-state index contributed by atoms with van der Waals surface area (Å²) in [5.41, 5.74) is 6.88. The summed E-state index contributed by atoms with van der Waals surface area (Å²) < 4.78 is 0. The molecule has 3 aliphatic carbocycles. The lowest BCUT2D eigenvalue weighted by Gasteiger charge is -2.40. The van der Waals surface area contributed by atoms with Gasteiger partial charge in [-0.25, -0.2) is 0 Å². The number of allylic oxidation sites excluding steroid dienone is 3. The topological polar surface area (TPSA) is 0 Å². The number of hydrogen-bond donors (Lipinski definition) is 0. The van der Waals surface area contributed by atoms with Crippen molar-refractivity contribution in [3.8, 4) is 0 Å². The van der Waals surface area contributed by atoms with E-state index in [1.165, 1.54) is 22.4 Å². The SMILES string of the molecule is CC1(C)C=C2Cc3c4c(ccc3=C2C(C)(C)C1)=CC([Si](C)(C)C)=C4. The zero-order valence-corrected chi connectivity index (χ0v) is 17.3. The smallest absolute Gasteiger partial charge is 0.0750 e. The van der Waals surface area contributed by atoms with Crippen molar-refractivity contribution < 1.29 is 0 Å². The zero-order valence-electron chi connectivity index (χ0n) is 16.3. The number of fused-ring (bicyclic) bond motifs is 4. The van der Waals surface area contributed by atoms with Crippen LogP contribution in [0.1, 0.15) is 45.2 Å². The van der Waals surface area contributed by atoms with E-state index in [1.54, 1.807) is 21.9 Å². The van der Waals surface area contributed by atoms with Crippen LogP contribution in [-0.2, 0) is 6.42 Å². The predicted octanol–water partition coefficient (Wildman–Crippen LogP) is 4.83. The summed E-state index contributed by atoms with van der Waals surface area (Å²) in [7, 11) is -1.26. The molecule has 0 unspecified atom stereocenters. The van der Waals surface area contributed by atoms with E-state index in [4.69, 9.17) is 0 Å². The molecule has 0 N–H and O–H groups in total. The van der Waals surface area contributed by atoms with Crippen molar-refractivity contribution in [1.82, 2.24) is 0 Å². The molecule has 0 heterocycles. The average molecular weight is 335 g/mol. The second-order valence-corrected chi connectivity index (χ2v) is 15.4. The van der Waals surface area contributed by atoms with Gasteiger partial charge >= 0.3 is 0 Å². The Morgan fingerprint density at radius 2 is 1.67 bits per heavy atom. The molecular formula is C23H30Si. The van der Waals surface area contributed by atoms with Crippen LogP contribution in [0.25, 0.3) is 17.7 Å². The first-order valence-corrected chi connectivity index (χ1v) is 12.8. The van der Waals surface area contributed by atoms with Gasteiger partial charge in [0.1, 0.15) is 0 Å². The lowest BCUT2D eigenvalue weighted by Crippen LogP contribution is -2.30. The molecule has 0 amide bonds. The van der Waals surface area contributed by atoms with Crippen LogP contribution in [0.3, 0.4) is 0 Å². The van der Waals surface area contributed by atoms with Gasteiger partial charge < -0.3 is 0 Å². The normalized spacial score (nSPS) is 23.0. The van der Waals surface area contributed by atoms with Crippen molar-refractivity contribution in [3.05, 3.63) is 50.5 Å². The predicted molar refractivity (Wildman–Crippen MR) is 109 cm³/mol. The zero-order chi connectivity index (χ0) is 17.5. The molecular weight excluding hydrogens is 304 g/mol. The van der Waals surface area contributed by atoms with Gasteiger partial charge in [-0.1, -0.05) is 82.9 Å². The third kappa shape index (κ3) is 2.32. The molecule has 1 aromatic rings. The molecule has 4 rings (SSSR count). The van der Waals surface area contributed by atoms with Crippen LogP contribution >= 0.6 is 0 Å². The van der Waals surface area contributed by atoms with Gasteiger partial charge in [0.05, 0.1) is 8.07 Å². The van der Waals surface area contributed by atoms with Crippen molar-refractivity contribution in [2.45, 2.75) is 60.2 Å². The number of hydrogen-bond acceptors (Lipinski definition) is 0. The highest BCUT2D eigenvalue weighted by Gasteiger charge is 2.40. The first-order valence-electron chi connectivity index (χ1n) is 9.31. The molecule has 0 aromatic heterocycles. The summed E-state index contributed by atoms with van der Waals surface area (Å²) in [6, 6.07) is 4.77. The molecule has 0 atom stereocenters. The van der Waals surface area contributed by atoms with Crippen molar-refractivity contribution in [1.29, 1.82) is 0 Å². The highest BCUT2D eigenvalue weighted by molar-refractivity contribution is 6.85. The largest absolute Gasteiger partial charge is 0.0776 e. The van der Waals surface area contributed by atoms with Gasteiger partial charge in [0.25, 0.3) is 0 Å². The molecule has 0 aliphatic heterocycles. The first kappa shape index (κ1) is 16.1. The van der Waals surface area contributed by atoms with Crippen molar-refractivity contribution in [2.75, 3.05) is 0 Å². The number of rotatable bonds is 1. The van der Waals surface area contributed by atoms with E-state index in [9.17, 15) is 0 Å². The minimum Gasteiger partial charge on any atom is -0.0750 e. The average Bonchev–Trinajstić information content (AvgIpc) is 2.94. The maximum atomic E-state index is 2.56. The summed E-state index contributed by atoms with van der Waals surface area (Å²) >= 11 is 0. The van der Waals surface area contributed by atoms with Crippen LogP contribution in [0.15, 0.2) is 29.0 Å². The number of benzene rings is 1. The Balaban J connectivity index is 1.98. The summed E-state index contributed by atoms with van der Waals surface area (Å²) in [4.78, 5) is 0. The van der Waals surface area contributed by atoms with Crippen LogP contribution < -0.4 is 10.4 Å².